The normalized spacial score (nSPS) is 19.4. The summed E-state index contributed by atoms with van der Waals surface area (Å²) in [5.41, 5.74) is 1.66. The molecule has 1 fully saturated rings. The fraction of sp³-hybridized carbons (Fsp3) is 0.500. The van der Waals surface area contributed by atoms with Crippen molar-refractivity contribution < 1.29 is 9.21 Å². The van der Waals surface area contributed by atoms with Crippen LogP contribution in [0.1, 0.15) is 32.1 Å². The summed E-state index contributed by atoms with van der Waals surface area (Å²) in [5, 5.41) is 0. The number of hydrogen-bond acceptors (Lipinski definition) is 3. The van der Waals surface area contributed by atoms with Crippen LogP contribution in [0.15, 0.2) is 28.7 Å². The van der Waals surface area contributed by atoms with Crippen molar-refractivity contribution in [2.45, 2.75) is 32.6 Å². The van der Waals surface area contributed by atoms with E-state index >= 15 is 0 Å². The van der Waals surface area contributed by atoms with Gasteiger partial charge in [0.25, 0.3) is 0 Å². The number of nitrogens with zero attached hydrogens (tertiary/aromatic N) is 2. The molecule has 1 aliphatic heterocycles. The van der Waals surface area contributed by atoms with Gasteiger partial charge >= 0.3 is 0 Å². The number of carbonyl (C=O) groups excluding carboxylic acids is 1. The molecule has 4 heteroatoms. The van der Waals surface area contributed by atoms with Crippen LogP contribution in [-0.2, 0) is 11.2 Å². The van der Waals surface area contributed by atoms with Crippen LogP contribution < -0.4 is 0 Å². The summed E-state index contributed by atoms with van der Waals surface area (Å²) in [4.78, 5) is 18.6. The summed E-state index contributed by atoms with van der Waals surface area (Å²) in [6, 6.07) is 7.70. The minimum absolute atomic E-state index is 0.221. The highest BCUT2D eigenvalue weighted by atomic mass is 16.3. The summed E-state index contributed by atoms with van der Waals surface area (Å²) in [7, 11) is 0. The molecule has 0 N–H and O–H groups in total. The average Bonchev–Trinajstić information content (AvgIpc) is 2.87. The van der Waals surface area contributed by atoms with Crippen LogP contribution in [0.5, 0.6) is 0 Å². The van der Waals surface area contributed by atoms with Gasteiger partial charge in [0.05, 0.1) is 0 Å². The Hall–Kier alpha value is -1.84. The number of fused-ring (bicyclic) bond motifs is 1. The second-order valence-corrected chi connectivity index (χ2v) is 5.66. The van der Waals surface area contributed by atoms with Crippen LogP contribution in [0.2, 0.25) is 0 Å². The monoisotopic (exact) mass is 272 g/mol. The lowest BCUT2D eigenvalue weighted by Crippen LogP contribution is -2.39. The Bertz CT molecular complexity index is 572. The molecule has 20 heavy (non-hydrogen) atoms. The third-order valence-electron chi connectivity index (χ3n) is 3.90. The van der Waals surface area contributed by atoms with Crippen molar-refractivity contribution in [3.05, 3.63) is 30.2 Å². The Morgan fingerprint density at radius 3 is 3.10 bits per heavy atom. The van der Waals surface area contributed by atoms with Gasteiger partial charge in [-0.25, -0.2) is 4.98 Å². The van der Waals surface area contributed by atoms with Crippen molar-refractivity contribution in [1.82, 2.24) is 9.88 Å². The summed E-state index contributed by atoms with van der Waals surface area (Å²) in [6.07, 6.45) is 3.42. The van der Waals surface area contributed by atoms with Crippen molar-refractivity contribution in [1.29, 1.82) is 0 Å². The van der Waals surface area contributed by atoms with Crippen molar-refractivity contribution in [3.63, 3.8) is 0 Å². The lowest BCUT2D eigenvalue weighted by molar-refractivity contribution is -0.132. The first-order valence-corrected chi connectivity index (χ1v) is 7.34. The molecule has 0 radical (unpaired) electrons. The number of carbonyl (C=O) groups is 1. The first kappa shape index (κ1) is 13.2. The third-order valence-corrected chi connectivity index (χ3v) is 3.90. The van der Waals surface area contributed by atoms with Gasteiger partial charge in [0, 0.05) is 25.9 Å². The van der Waals surface area contributed by atoms with Crippen LogP contribution in [0.25, 0.3) is 11.1 Å². The first-order chi connectivity index (χ1) is 9.72. The van der Waals surface area contributed by atoms with E-state index in [1.165, 1.54) is 6.42 Å². The van der Waals surface area contributed by atoms with Crippen molar-refractivity contribution >= 4 is 17.0 Å². The molecule has 1 atom stereocenters. The first-order valence-electron chi connectivity index (χ1n) is 7.34. The van der Waals surface area contributed by atoms with Gasteiger partial charge in [-0.1, -0.05) is 19.1 Å². The Morgan fingerprint density at radius 2 is 2.30 bits per heavy atom. The number of aryl methyl sites for hydroxylation is 1. The highest BCUT2D eigenvalue weighted by Gasteiger charge is 2.21. The molecule has 4 nitrogen and oxygen atoms in total. The molecule has 0 spiro atoms. The van der Waals surface area contributed by atoms with E-state index in [2.05, 4.69) is 11.9 Å². The van der Waals surface area contributed by atoms with E-state index in [4.69, 9.17) is 4.42 Å². The molecular formula is C16H20N2O2. The minimum Gasteiger partial charge on any atom is -0.441 e. The van der Waals surface area contributed by atoms with E-state index in [1.54, 1.807) is 0 Å². The molecule has 1 saturated heterocycles. The largest absolute Gasteiger partial charge is 0.441 e. The third kappa shape index (κ3) is 2.84. The van der Waals surface area contributed by atoms with E-state index in [0.717, 1.165) is 30.6 Å². The molecule has 2 aromatic rings. The molecule has 2 heterocycles. The van der Waals surface area contributed by atoms with E-state index in [0.29, 0.717) is 24.7 Å². The number of likely N-dealkylation sites (tertiary alicyclic amines) is 1. The maximum atomic E-state index is 12.2. The number of benzene rings is 1. The molecule has 3 rings (SSSR count). The van der Waals surface area contributed by atoms with Crippen LogP contribution in [0.4, 0.5) is 0 Å². The molecule has 0 aliphatic carbocycles. The molecule has 1 aromatic carbocycles. The minimum atomic E-state index is 0.221. The summed E-state index contributed by atoms with van der Waals surface area (Å²) in [5.74, 6) is 1.50. The summed E-state index contributed by atoms with van der Waals surface area (Å²) < 4.78 is 5.65. The molecule has 1 amide bonds. The number of oxazole rings is 1. The molecule has 0 bridgehead atoms. The second-order valence-electron chi connectivity index (χ2n) is 5.66. The highest BCUT2D eigenvalue weighted by molar-refractivity contribution is 5.76. The van der Waals surface area contributed by atoms with Gasteiger partial charge in [0.1, 0.15) is 5.52 Å². The smallest absolute Gasteiger partial charge is 0.223 e. The zero-order valence-electron chi connectivity index (χ0n) is 11.8. The lowest BCUT2D eigenvalue weighted by Gasteiger charge is -2.30. The van der Waals surface area contributed by atoms with Gasteiger partial charge < -0.3 is 9.32 Å². The number of amides is 1. The van der Waals surface area contributed by atoms with Crippen molar-refractivity contribution in [2.24, 2.45) is 5.92 Å². The van der Waals surface area contributed by atoms with Gasteiger partial charge in [0.15, 0.2) is 11.5 Å². The maximum absolute atomic E-state index is 12.2. The predicted molar refractivity (Wildman–Crippen MR) is 77.3 cm³/mol. The zero-order chi connectivity index (χ0) is 13.9. The number of rotatable bonds is 3. The van der Waals surface area contributed by atoms with Gasteiger partial charge in [-0.2, -0.15) is 0 Å². The van der Waals surface area contributed by atoms with Crippen LogP contribution in [-0.4, -0.2) is 28.9 Å². The van der Waals surface area contributed by atoms with Gasteiger partial charge in [-0.3, -0.25) is 4.79 Å². The van der Waals surface area contributed by atoms with E-state index in [9.17, 15) is 4.79 Å². The predicted octanol–water partition coefficient (Wildman–Crippen LogP) is 3.02. The molecular weight excluding hydrogens is 252 g/mol. The fourth-order valence-electron chi connectivity index (χ4n) is 2.81. The van der Waals surface area contributed by atoms with Gasteiger partial charge in [-0.05, 0) is 30.9 Å². The molecule has 1 unspecified atom stereocenters. The average molecular weight is 272 g/mol. The standard InChI is InChI=1S/C16H20N2O2/c1-12-5-4-10-18(11-12)16(19)9-8-15-17-13-6-2-3-7-14(13)20-15/h2-3,6-7,12H,4-5,8-11H2,1H3. The van der Waals surface area contributed by atoms with Crippen molar-refractivity contribution in [3.8, 4) is 0 Å². The van der Waals surface area contributed by atoms with E-state index < -0.39 is 0 Å². The second kappa shape index (κ2) is 5.65. The van der Waals surface area contributed by atoms with E-state index in [1.807, 2.05) is 29.2 Å². The number of piperidine rings is 1. The van der Waals surface area contributed by atoms with Gasteiger partial charge in [-0.15, -0.1) is 0 Å². The Balaban J connectivity index is 1.59. The van der Waals surface area contributed by atoms with E-state index in [-0.39, 0.29) is 5.91 Å². The molecule has 0 saturated carbocycles. The molecule has 1 aromatic heterocycles. The van der Waals surface area contributed by atoms with Crippen LogP contribution in [0, 0.1) is 5.92 Å². The van der Waals surface area contributed by atoms with Crippen LogP contribution >= 0.6 is 0 Å². The maximum Gasteiger partial charge on any atom is 0.223 e. The number of para-hydroxylation sites is 2. The highest BCUT2D eigenvalue weighted by Crippen LogP contribution is 2.18. The summed E-state index contributed by atoms with van der Waals surface area (Å²) >= 11 is 0. The Labute approximate surface area is 118 Å². The van der Waals surface area contributed by atoms with Crippen LogP contribution in [0.3, 0.4) is 0 Å². The van der Waals surface area contributed by atoms with Gasteiger partial charge in [0.2, 0.25) is 5.91 Å². The quantitative estimate of drug-likeness (QED) is 0.862. The Kier molecular flexibility index (Phi) is 3.72. The SMILES string of the molecule is CC1CCCN(C(=O)CCc2nc3ccccc3o2)C1. The summed E-state index contributed by atoms with van der Waals surface area (Å²) in [6.45, 7) is 4.00. The topological polar surface area (TPSA) is 46.3 Å². The lowest BCUT2D eigenvalue weighted by atomic mass is 10.00. The Morgan fingerprint density at radius 1 is 1.45 bits per heavy atom. The zero-order valence-corrected chi connectivity index (χ0v) is 11.8. The van der Waals surface area contributed by atoms with Crippen molar-refractivity contribution in [2.75, 3.05) is 13.1 Å². The number of hydrogen-bond donors (Lipinski definition) is 0. The fourth-order valence-corrected chi connectivity index (χ4v) is 2.81. The number of aromatic nitrogens is 1. The molecule has 1 aliphatic rings. The molecule has 106 valence electrons.